The summed E-state index contributed by atoms with van der Waals surface area (Å²) in [4.78, 5) is 6.38. The van der Waals surface area contributed by atoms with Crippen molar-refractivity contribution in [3.8, 4) is 0 Å². The van der Waals surface area contributed by atoms with Gasteiger partial charge in [-0.15, -0.1) is 11.3 Å². The summed E-state index contributed by atoms with van der Waals surface area (Å²) in [6, 6.07) is 2.20. The molecule has 19 heavy (non-hydrogen) atoms. The number of rotatable bonds is 7. The zero-order valence-electron chi connectivity index (χ0n) is 12.5. The highest BCUT2D eigenvalue weighted by atomic mass is 32.1. The van der Waals surface area contributed by atoms with Gasteiger partial charge in [-0.1, -0.05) is 0 Å². The predicted molar refractivity (Wildman–Crippen MR) is 83.9 cm³/mol. The number of likely N-dealkylation sites (tertiary alicyclic amines) is 1. The first kappa shape index (κ1) is 15.0. The van der Waals surface area contributed by atoms with Crippen LogP contribution in [0.2, 0.25) is 0 Å². The van der Waals surface area contributed by atoms with Crippen molar-refractivity contribution in [1.82, 2.24) is 15.1 Å². The Morgan fingerprint density at radius 2 is 2.37 bits per heavy atom. The molecular formula is C15H27N3S. The van der Waals surface area contributed by atoms with E-state index >= 15 is 0 Å². The van der Waals surface area contributed by atoms with Crippen LogP contribution < -0.4 is 5.32 Å². The average Bonchev–Trinajstić information content (AvgIpc) is 2.94. The minimum atomic E-state index is 0.870. The van der Waals surface area contributed by atoms with E-state index in [1.807, 2.05) is 11.3 Å². The van der Waals surface area contributed by atoms with Gasteiger partial charge in [0, 0.05) is 37.6 Å². The second-order valence-electron chi connectivity index (χ2n) is 5.88. The van der Waals surface area contributed by atoms with Crippen molar-refractivity contribution in [2.24, 2.45) is 5.92 Å². The normalized spacial score (nSPS) is 20.5. The fourth-order valence-electron chi connectivity index (χ4n) is 2.76. The minimum absolute atomic E-state index is 0.870. The van der Waals surface area contributed by atoms with Crippen molar-refractivity contribution in [3.05, 3.63) is 21.9 Å². The molecule has 0 aromatic carbocycles. The summed E-state index contributed by atoms with van der Waals surface area (Å²) in [5.41, 5.74) is 1.42. The summed E-state index contributed by atoms with van der Waals surface area (Å²) in [6.07, 6.45) is 1.36. The van der Waals surface area contributed by atoms with Gasteiger partial charge in [-0.2, -0.15) is 0 Å². The van der Waals surface area contributed by atoms with Gasteiger partial charge in [0.15, 0.2) is 0 Å². The van der Waals surface area contributed by atoms with Gasteiger partial charge < -0.3 is 15.1 Å². The lowest BCUT2D eigenvalue weighted by atomic mass is 10.1. The maximum atomic E-state index is 3.55. The molecule has 1 aromatic rings. The molecule has 1 aliphatic heterocycles. The Labute approximate surface area is 121 Å². The van der Waals surface area contributed by atoms with Crippen LogP contribution in [0.5, 0.6) is 0 Å². The van der Waals surface area contributed by atoms with E-state index in [0.29, 0.717) is 0 Å². The molecule has 1 saturated heterocycles. The van der Waals surface area contributed by atoms with Crippen molar-refractivity contribution >= 4 is 11.3 Å². The highest BCUT2D eigenvalue weighted by molar-refractivity contribution is 7.10. The number of aryl methyl sites for hydroxylation is 1. The Hall–Kier alpha value is -0.420. The lowest BCUT2D eigenvalue weighted by Crippen LogP contribution is -2.33. The highest BCUT2D eigenvalue weighted by Gasteiger charge is 2.20. The molecule has 1 atom stereocenters. The van der Waals surface area contributed by atoms with Gasteiger partial charge in [0.2, 0.25) is 0 Å². The second kappa shape index (κ2) is 7.39. The lowest BCUT2D eigenvalue weighted by Gasteiger charge is -2.21. The SMILES string of the molecule is Cc1ccsc1CNCCN(C)CC1CCN(C)C1. The fraction of sp³-hybridized carbons (Fsp3) is 0.733. The first-order chi connectivity index (χ1) is 9.15. The molecule has 2 rings (SSSR count). The first-order valence-electron chi connectivity index (χ1n) is 7.26. The number of nitrogens with zero attached hydrogens (tertiary/aromatic N) is 2. The summed E-state index contributed by atoms with van der Waals surface area (Å²) >= 11 is 1.85. The van der Waals surface area contributed by atoms with Crippen LogP contribution >= 0.6 is 11.3 Å². The lowest BCUT2D eigenvalue weighted by molar-refractivity contribution is 0.273. The molecule has 0 bridgehead atoms. The van der Waals surface area contributed by atoms with E-state index in [1.54, 1.807) is 0 Å². The zero-order valence-corrected chi connectivity index (χ0v) is 13.3. The van der Waals surface area contributed by atoms with Crippen molar-refractivity contribution in [1.29, 1.82) is 0 Å². The molecule has 0 amide bonds. The fourth-order valence-corrected chi connectivity index (χ4v) is 3.64. The highest BCUT2D eigenvalue weighted by Crippen LogP contribution is 2.15. The molecule has 1 unspecified atom stereocenters. The summed E-state index contributed by atoms with van der Waals surface area (Å²) in [7, 11) is 4.47. The van der Waals surface area contributed by atoms with Crippen LogP contribution in [0.4, 0.5) is 0 Å². The number of nitrogens with one attached hydrogen (secondary N) is 1. The largest absolute Gasteiger partial charge is 0.311 e. The number of hydrogen-bond acceptors (Lipinski definition) is 4. The summed E-state index contributed by atoms with van der Waals surface area (Å²) in [6.45, 7) is 9.21. The standard InChI is InChI=1S/C15H27N3S/c1-13-5-9-19-15(13)10-16-6-8-18(3)12-14-4-7-17(2)11-14/h5,9,14,16H,4,6-8,10-12H2,1-3H3. The summed E-state index contributed by atoms with van der Waals surface area (Å²) in [5.74, 6) is 0.870. The van der Waals surface area contributed by atoms with Crippen LogP contribution in [0.25, 0.3) is 0 Å². The molecule has 0 aliphatic carbocycles. The smallest absolute Gasteiger partial charge is 0.0302 e. The van der Waals surface area contributed by atoms with Gasteiger partial charge in [0.05, 0.1) is 0 Å². The third-order valence-corrected chi connectivity index (χ3v) is 5.01. The monoisotopic (exact) mass is 281 g/mol. The maximum Gasteiger partial charge on any atom is 0.0302 e. The average molecular weight is 281 g/mol. The molecule has 0 saturated carbocycles. The first-order valence-corrected chi connectivity index (χ1v) is 8.14. The second-order valence-corrected chi connectivity index (χ2v) is 6.88. The number of thiophene rings is 1. The van der Waals surface area contributed by atoms with Crippen LogP contribution in [0.15, 0.2) is 11.4 Å². The minimum Gasteiger partial charge on any atom is -0.311 e. The molecule has 3 nitrogen and oxygen atoms in total. The molecule has 0 spiro atoms. The third kappa shape index (κ3) is 4.88. The van der Waals surface area contributed by atoms with Gasteiger partial charge in [0.25, 0.3) is 0 Å². The van der Waals surface area contributed by atoms with Gasteiger partial charge in [-0.25, -0.2) is 0 Å². The van der Waals surface area contributed by atoms with E-state index in [0.717, 1.165) is 25.6 Å². The van der Waals surface area contributed by atoms with Gasteiger partial charge in [-0.3, -0.25) is 0 Å². The molecule has 0 radical (unpaired) electrons. The van der Waals surface area contributed by atoms with Crippen LogP contribution in [-0.4, -0.2) is 56.6 Å². The Kier molecular flexibility index (Phi) is 5.82. The van der Waals surface area contributed by atoms with Crippen LogP contribution in [0.1, 0.15) is 16.9 Å². The van der Waals surface area contributed by atoms with Crippen LogP contribution in [0.3, 0.4) is 0 Å². The molecular weight excluding hydrogens is 254 g/mol. The van der Waals surface area contributed by atoms with E-state index in [-0.39, 0.29) is 0 Å². The van der Waals surface area contributed by atoms with E-state index in [2.05, 4.69) is 47.6 Å². The molecule has 1 N–H and O–H groups in total. The van der Waals surface area contributed by atoms with Gasteiger partial charge >= 0.3 is 0 Å². The molecule has 4 heteroatoms. The number of likely N-dealkylation sites (N-methyl/N-ethyl adjacent to an activating group) is 1. The van der Waals surface area contributed by atoms with Gasteiger partial charge in [-0.05, 0) is 56.9 Å². The van der Waals surface area contributed by atoms with Gasteiger partial charge in [0.1, 0.15) is 0 Å². The third-order valence-electron chi connectivity index (χ3n) is 3.98. The van der Waals surface area contributed by atoms with E-state index in [1.165, 1.54) is 36.5 Å². The Bertz CT molecular complexity index is 377. The zero-order chi connectivity index (χ0) is 13.7. The van der Waals surface area contributed by atoms with E-state index in [4.69, 9.17) is 0 Å². The molecule has 1 aromatic heterocycles. The van der Waals surface area contributed by atoms with Crippen molar-refractivity contribution in [2.45, 2.75) is 19.9 Å². The Morgan fingerprint density at radius 1 is 1.53 bits per heavy atom. The van der Waals surface area contributed by atoms with Crippen molar-refractivity contribution < 1.29 is 0 Å². The summed E-state index contributed by atoms with van der Waals surface area (Å²) in [5, 5.41) is 5.73. The number of hydrogen-bond donors (Lipinski definition) is 1. The van der Waals surface area contributed by atoms with Crippen molar-refractivity contribution in [2.75, 3.05) is 46.8 Å². The topological polar surface area (TPSA) is 18.5 Å². The van der Waals surface area contributed by atoms with E-state index in [9.17, 15) is 0 Å². The van der Waals surface area contributed by atoms with Crippen molar-refractivity contribution in [3.63, 3.8) is 0 Å². The maximum absolute atomic E-state index is 3.55. The predicted octanol–water partition coefficient (Wildman–Crippen LogP) is 2.03. The van der Waals surface area contributed by atoms with Crippen LogP contribution in [0, 0.1) is 12.8 Å². The Morgan fingerprint density at radius 3 is 3.00 bits per heavy atom. The molecule has 2 heterocycles. The van der Waals surface area contributed by atoms with Crippen LogP contribution in [-0.2, 0) is 6.54 Å². The molecule has 1 aliphatic rings. The Balaban J connectivity index is 1.56. The summed E-state index contributed by atoms with van der Waals surface area (Å²) < 4.78 is 0. The quantitative estimate of drug-likeness (QED) is 0.772. The molecule has 108 valence electrons. The van der Waals surface area contributed by atoms with E-state index < -0.39 is 0 Å². The molecule has 1 fully saturated rings.